The van der Waals surface area contributed by atoms with Gasteiger partial charge >= 0.3 is 0 Å². The van der Waals surface area contributed by atoms with E-state index in [2.05, 4.69) is 9.71 Å². The van der Waals surface area contributed by atoms with E-state index in [0.717, 1.165) is 6.07 Å². The topological polar surface area (TPSA) is 59.1 Å². The van der Waals surface area contributed by atoms with Crippen molar-refractivity contribution in [3.63, 3.8) is 0 Å². The number of nitrogens with one attached hydrogen (secondary N) is 1. The molecule has 1 aromatic rings. The Kier molecular flexibility index (Phi) is 4.01. The Hall–Kier alpha value is -0.720. The van der Waals surface area contributed by atoms with E-state index in [9.17, 15) is 12.8 Å². The van der Waals surface area contributed by atoms with Crippen molar-refractivity contribution < 1.29 is 12.8 Å². The second-order valence-corrected chi connectivity index (χ2v) is 4.90. The summed E-state index contributed by atoms with van der Waals surface area (Å²) < 4.78 is 38.4. The molecular weight excluding hydrogens is 243 g/mol. The summed E-state index contributed by atoms with van der Waals surface area (Å²) in [6.45, 7) is 1.57. The molecule has 0 saturated carbocycles. The van der Waals surface area contributed by atoms with Gasteiger partial charge in [0.15, 0.2) is 5.82 Å². The van der Waals surface area contributed by atoms with Gasteiger partial charge < -0.3 is 0 Å². The Morgan fingerprint density at radius 1 is 1.67 bits per heavy atom. The van der Waals surface area contributed by atoms with Crippen LogP contribution < -0.4 is 4.72 Å². The molecule has 1 heterocycles. The molecule has 0 aliphatic rings. The van der Waals surface area contributed by atoms with Gasteiger partial charge in [0.25, 0.3) is 10.0 Å². The van der Waals surface area contributed by atoms with E-state index in [4.69, 9.17) is 11.6 Å². The third kappa shape index (κ3) is 3.12. The number of halogens is 2. The molecule has 1 rings (SSSR count). The number of nitrogens with zero attached hydrogens (tertiary/aromatic N) is 1. The Balaban J connectivity index is 3.02. The van der Waals surface area contributed by atoms with Crippen molar-refractivity contribution in [2.75, 3.05) is 5.88 Å². The summed E-state index contributed by atoms with van der Waals surface area (Å²) in [4.78, 5) is 3.47. The molecule has 1 unspecified atom stereocenters. The summed E-state index contributed by atoms with van der Waals surface area (Å²) in [7, 11) is -3.92. The lowest BCUT2D eigenvalue weighted by Crippen LogP contribution is -2.34. The first-order valence-electron chi connectivity index (χ1n) is 4.16. The fraction of sp³-hybridized carbons (Fsp3) is 0.375. The average molecular weight is 253 g/mol. The number of alkyl halides is 1. The van der Waals surface area contributed by atoms with Crippen LogP contribution in [0.1, 0.15) is 6.92 Å². The summed E-state index contributed by atoms with van der Waals surface area (Å²) in [6, 6.07) is 1.88. The van der Waals surface area contributed by atoms with Crippen molar-refractivity contribution in [3.05, 3.63) is 24.1 Å². The highest BCUT2D eigenvalue weighted by Gasteiger charge is 2.21. The quantitative estimate of drug-likeness (QED) is 0.817. The van der Waals surface area contributed by atoms with Gasteiger partial charge in [-0.1, -0.05) is 0 Å². The molecule has 0 bridgehead atoms. The van der Waals surface area contributed by atoms with Crippen LogP contribution in [0.3, 0.4) is 0 Å². The van der Waals surface area contributed by atoms with E-state index in [1.165, 1.54) is 12.3 Å². The lowest BCUT2D eigenvalue weighted by molar-refractivity contribution is 0.538. The van der Waals surface area contributed by atoms with Crippen LogP contribution in [0.15, 0.2) is 23.4 Å². The van der Waals surface area contributed by atoms with Gasteiger partial charge in [0.1, 0.15) is 0 Å². The molecule has 1 aromatic heterocycles. The van der Waals surface area contributed by atoms with Crippen LogP contribution in [0, 0.1) is 5.82 Å². The summed E-state index contributed by atoms with van der Waals surface area (Å²) in [5, 5.41) is -0.609. The Morgan fingerprint density at radius 2 is 2.33 bits per heavy atom. The maximum absolute atomic E-state index is 13.1. The molecule has 0 fully saturated rings. The molecule has 15 heavy (non-hydrogen) atoms. The van der Waals surface area contributed by atoms with Crippen molar-refractivity contribution >= 4 is 21.6 Å². The van der Waals surface area contributed by atoms with Crippen molar-refractivity contribution in [3.8, 4) is 0 Å². The molecule has 0 aliphatic carbocycles. The average Bonchev–Trinajstić information content (AvgIpc) is 2.17. The van der Waals surface area contributed by atoms with Crippen LogP contribution in [0.4, 0.5) is 4.39 Å². The van der Waals surface area contributed by atoms with E-state index < -0.39 is 26.9 Å². The van der Waals surface area contributed by atoms with Crippen LogP contribution in [-0.2, 0) is 10.0 Å². The lowest BCUT2D eigenvalue weighted by atomic mass is 10.4. The molecule has 84 valence electrons. The molecule has 0 aromatic carbocycles. The Morgan fingerprint density at radius 3 is 2.87 bits per heavy atom. The highest BCUT2D eigenvalue weighted by atomic mass is 35.5. The fourth-order valence-electron chi connectivity index (χ4n) is 0.921. The van der Waals surface area contributed by atoms with Gasteiger partial charge in [0.05, 0.1) is 0 Å². The van der Waals surface area contributed by atoms with Gasteiger partial charge in [-0.3, -0.25) is 0 Å². The SMILES string of the molecule is CC(CCl)NS(=O)(=O)c1ncccc1F. The van der Waals surface area contributed by atoms with Gasteiger partial charge in [-0.25, -0.2) is 22.5 Å². The summed E-state index contributed by atoms with van der Waals surface area (Å²) in [5.74, 6) is -0.778. The van der Waals surface area contributed by atoms with Gasteiger partial charge in [-0.15, -0.1) is 11.6 Å². The maximum atomic E-state index is 13.1. The zero-order chi connectivity index (χ0) is 11.5. The van der Waals surface area contributed by atoms with Crippen LogP contribution in [0.25, 0.3) is 0 Å². The first-order chi connectivity index (χ1) is 6.97. The molecule has 0 amide bonds. The standard InChI is InChI=1S/C8H10ClFN2O2S/c1-6(5-9)12-15(13,14)8-7(10)3-2-4-11-8/h2-4,6,12H,5H2,1H3. The van der Waals surface area contributed by atoms with Crippen molar-refractivity contribution in [2.45, 2.75) is 18.0 Å². The molecule has 0 spiro atoms. The molecule has 4 nitrogen and oxygen atoms in total. The van der Waals surface area contributed by atoms with Crippen LogP contribution in [-0.4, -0.2) is 25.3 Å². The maximum Gasteiger partial charge on any atom is 0.261 e. The van der Waals surface area contributed by atoms with Gasteiger partial charge in [0, 0.05) is 18.1 Å². The second-order valence-electron chi connectivity index (χ2n) is 2.97. The smallest absolute Gasteiger partial charge is 0.241 e. The summed E-state index contributed by atoms with van der Waals surface area (Å²) in [6.07, 6.45) is 1.21. The number of pyridine rings is 1. The van der Waals surface area contributed by atoms with Crippen LogP contribution >= 0.6 is 11.6 Å². The minimum Gasteiger partial charge on any atom is -0.241 e. The zero-order valence-electron chi connectivity index (χ0n) is 7.94. The molecule has 1 N–H and O–H groups in total. The first kappa shape index (κ1) is 12.4. The third-order valence-corrected chi connectivity index (χ3v) is 3.55. The largest absolute Gasteiger partial charge is 0.261 e. The monoisotopic (exact) mass is 252 g/mol. The predicted octanol–water partition coefficient (Wildman–Crippen LogP) is 1.13. The Bertz CT molecular complexity index is 438. The van der Waals surface area contributed by atoms with Crippen molar-refractivity contribution in [2.24, 2.45) is 0 Å². The highest BCUT2D eigenvalue weighted by molar-refractivity contribution is 7.89. The zero-order valence-corrected chi connectivity index (χ0v) is 9.52. The fourth-order valence-corrected chi connectivity index (χ4v) is 2.34. The highest BCUT2D eigenvalue weighted by Crippen LogP contribution is 2.10. The predicted molar refractivity (Wildman–Crippen MR) is 54.7 cm³/mol. The van der Waals surface area contributed by atoms with Gasteiger partial charge in [0.2, 0.25) is 5.03 Å². The minimum atomic E-state index is -3.92. The first-order valence-corrected chi connectivity index (χ1v) is 6.18. The lowest BCUT2D eigenvalue weighted by Gasteiger charge is -2.10. The number of rotatable bonds is 4. The summed E-state index contributed by atoms with van der Waals surface area (Å²) >= 11 is 5.44. The molecule has 1 atom stereocenters. The van der Waals surface area contributed by atoms with E-state index in [1.54, 1.807) is 6.92 Å². The van der Waals surface area contributed by atoms with Crippen LogP contribution in [0.5, 0.6) is 0 Å². The molecule has 0 radical (unpaired) electrons. The van der Waals surface area contributed by atoms with E-state index in [0.29, 0.717) is 0 Å². The molecule has 0 saturated heterocycles. The molecular formula is C8H10ClFN2O2S. The number of sulfonamides is 1. The molecule has 7 heteroatoms. The van der Waals surface area contributed by atoms with Crippen molar-refractivity contribution in [1.29, 1.82) is 0 Å². The number of hydrogen-bond acceptors (Lipinski definition) is 3. The molecule has 0 aliphatic heterocycles. The minimum absolute atomic E-state index is 0.105. The second kappa shape index (κ2) is 4.87. The van der Waals surface area contributed by atoms with E-state index >= 15 is 0 Å². The van der Waals surface area contributed by atoms with Crippen molar-refractivity contribution in [1.82, 2.24) is 9.71 Å². The number of aromatic nitrogens is 1. The number of hydrogen-bond donors (Lipinski definition) is 1. The Labute approximate surface area is 92.5 Å². The summed E-state index contributed by atoms with van der Waals surface area (Å²) in [5.41, 5.74) is 0. The van der Waals surface area contributed by atoms with Gasteiger partial charge in [-0.2, -0.15) is 0 Å². The third-order valence-electron chi connectivity index (χ3n) is 1.57. The van der Waals surface area contributed by atoms with E-state index in [1.807, 2.05) is 0 Å². The van der Waals surface area contributed by atoms with E-state index in [-0.39, 0.29) is 5.88 Å². The van der Waals surface area contributed by atoms with Gasteiger partial charge in [-0.05, 0) is 19.1 Å². The normalized spacial score (nSPS) is 13.8. The van der Waals surface area contributed by atoms with Crippen LogP contribution in [0.2, 0.25) is 0 Å².